The Balaban J connectivity index is 1.15. The predicted octanol–water partition coefficient (Wildman–Crippen LogP) is 7.34. The number of Topliss-reactive ketones (excluding diaryl/α,β-unsaturated/α-hetero) is 2. The van der Waals surface area contributed by atoms with Gasteiger partial charge in [0.15, 0.2) is 0 Å². The Labute approximate surface area is 473 Å². The van der Waals surface area contributed by atoms with E-state index in [9.17, 15) is 54.3 Å². The van der Waals surface area contributed by atoms with E-state index in [1.807, 2.05) is 39.8 Å². The van der Waals surface area contributed by atoms with Gasteiger partial charge < -0.3 is 54.4 Å². The predicted molar refractivity (Wildman–Crippen MR) is 299 cm³/mol. The largest absolute Gasteiger partial charge is 0.477 e. The zero-order chi connectivity index (χ0) is 58.2. The van der Waals surface area contributed by atoms with E-state index >= 15 is 0 Å². The van der Waals surface area contributed by atoms with E-state index in [-0.39, 0.29) is 71.7 Å². The molecule has 1 aliphatic carbocycles. The molecule has 0 aromatic rings. The maximum atomic E-state index is 14.9. The first-order valence-corrected chi connectivity index (χ1v) is 30.3. The number of aliphatic carboxylic acids is 1. The van der Waals surface area contributed by atoms with E-state index < -0.39 is 101 Å². The van der Waals surface area contributed by atoms with Crippen molar-refractivity contribution in [1.82, 2.24) is 14.7 Å². The summed E-state index contributed by atoms with van der Waals surface area (Å²) in [4.78, 5) is 89.2. The lowest BCUT2D eigenvalue weighted by Gasteiger charge is -2.46. The quantitative estimate of drug-likeness (QED) is 0.0556. The first-order chi connectivity index (χ1) is 37.1. The molecule has 18 heteroatoms. The van der Waals surface area contributed by atoms with Crippen LogP contribution in [-0.4, -0.2) is 162 Å². The van der Waals surface area contributed by atoms with Crippen LogP contribution in [0.2, 0.25) is 0 Å². The summed E-state index contributed by atoms with van der Waals surface area (Å²) >= 11 is 1.50. The van der Waals surface area contributed by atoms with Gasteiger partial charge in [-0.1, -0.05) is 72.8 Å². The SMILES string of the molecule is C=C(N1CC[C@H](SC2=C(C(=O)O)N3C(=O)[C@H]([C@@H](C)O)[C@H]3C2)C1)C(C)(C)CC[C@@H]1/C=C(\C)C[C@H](C)C[C@H](C)[C@H]2O[C@@](O)(C(=O)C(=O)N3CCCC[C@H]3C(=O)O[C@H](/C(C)=C/[C@@H]3CC[C@@H](O)[C@H](OC)C3)[C@H](C)[C@@H](O)CC1=O)[C@H](C)C[C@@H]2C. The lowest BCUT2D eigenvalue weighted by molar-refractivity contribution is -0.282. The first kappa shape index (κ1) is 62.7. The highest BCUT2D eigenvalue weighted by Gasteiger charge is 2.58. The van der Waals surface area contributed by atoms with Crippen molar-refractivity contribution < 1.29 is 68.5 Å². The van der Waals surface area contributed by atoms with Crippen LogP contribution in [0.1, 0.15) is 159 Å². The van der Waals surface area contributed by atoms with Crippen LogP contribution in [0.4, 0.5) is 0 Å². The number of esters is 1. The number of likely N-dealkylation sites (tertiary alicyclic amines) is 1. The number of piperidine rings is 1. The van der Waals surface area contributed by atoms with Gasteiger partial charge in [-0.25, -0.2) is 9.59 Å². The van der Waals surface area contributed by atoms with Crippen molar-refractivity contribution in [2.75, 3.05) is 26.7 Å². The van der Waals surface area contributed by atoms with Gasteiger partial charge in [-0.05, 0) is 127 Å². The van der Waals surface area contributed by atoms with E-state index in [2.05, 4.69) is 32.3 Å². The molecule has 0 radical (unpaired) electrons. The van der Waals surface area contributed by atoms with Gasteiger partial charge in [0.05, 0.1) is 42.5 Å². The Morgan fingerprint density at radius 2 is 1.66 bits per heavy atom. The molecule has 0 spiro atoms. The van der Waals surface area contributed by atoms with Gasteiger partial charge in [-0.3, -0.25) is 19.2 Å². The zero-order valence-corrected chi connectivity index (χ0v) is 49.7. The molecule has 2 bridgehead atoms. The molecule has 0 aromatic heterocycles. The third-order valence-corrected chi connectivity index (χ3v) is 20.5. The molecule has 0 unspecified atom stereocenters. The summed E-state index contributed by atoms with van der Waals surface area (Å²) in [6, 6.07) is -1.51. The highest BCUT2D eigenvalue weighted by molar-refractivity contribution is 8.03. The molecule has 18 atom stereocenters. The van der Waals surface area contributed by atoms with Crippen molar-refractivity contribution in [3.8, 4) is 0 Å². The number of ether oxygens (including phenoxy) is 3. The average Bonchev–Trinajstić information content (AvgIpc) is 3.92. The Hall–Kier alpha value is -3.91. The number of methoxy groups -OCH3 is 1. The van der Waals surface area contributed by atoms with Crippen LogP contribution in [0.15, 0.2) is 46.2 Å². The number of cyclic esters (lactones) is 1. The Morgan fingerprint density at radius 3 is 2.33 bits per heavy atom. The lowest BCUT2D eigenvalue weighted by Crippen LogP contribution is -2.62. The van der Waals surface area contributed by atoms with E-state index in [4.69, 9.17) is 14.2 Å². The molecule has 4 saturated heterocycles. The number of carbonyl (C=O) groups excluding carboxylic acids is 5. The van der Waals surface area contributed by atoms with Crippen molar-refractivity contribution >= 4 is 47.1 Å². The van der Waals surface area contributed by atoms with Crippen molar-refractivity contribution in [1.29, 1.82) is 0 Å². The summed E-state index contributed by atoms with van der Waals surface area (Å²) in [7, 11) is 1.56. The third-order valence-electron chi connectivity index (χ3n) is 19.1. The Kier molecular flexibility index (Phi) is 20.4. The highest BCUT2D eigenvalue weighted by atomic mass is 32.2. The van der Waals surface area contributed by atoms with Crippen molar-refractivity contribution in [3.05, 3.63) is 46.2 Å². The Morgan fingerprint density at radius 1 is 0.962 bits per heavy atom. The maximum Gasteiger partial charge on any atom is 0.353 e. The third kappa shape index (κ3) is 13.6. The molecule has 0 aromatic carbocycles. The van der Waals surface area contributed by atoms with Crippen LogP contribution in [0, 0.1) is 52.8 Å². The molecule has 442 valence electrons. The second kappa shape index (κ2) is 25.7. The van der Waals surface area contributed by atoms with Crippen LogP contribution in [0.25, 0.3) is 0 Å². The Bertz CT molecular complexity index is 2400. The number of aliphatic hydroxyl groups excluding tert-OH is 3. The fourth-order valence-electron chi connectivity index (χ4n) is 14.4. The number of carboxylic acid groups (broad SMARTS) is 1. The van der Waals surface area contributed by atoms with Crippen LogP contribution in [-0.2, 0) is 43.0 Å². The number of ketones is 2. The second-order valence-corrected chi connectivity index (χ2v) is 27.2. The number of thioether (sulfide) groups is 1. The molecule has 7 rings (SSSR count). The monoisotopic (exact) mass is 1120 g/mol. The van der Waals surface area contributed by atoms with E-state index in [0.717, 1.165) is 17.7 Å². The molecule has 2 amide bonds. The number of fused-ring (bicyclic) bond motifs is 4. The number of allylic oxidation sites excluding steroid dienone is 4. The highest BCUT2D eigenvalue weighted by Crippen LogP contribution is 2.50. The molecule has 6 heterocycles. The van der Waals surface area contributed by atoms with E-state index in [1.165, 1.54) is 21.6 Å². The summed E-state index contributed by atoms with van der Waals surface area (Å²) in [6.07, 6.45) is 5.98. The van der Waals surface area contributed by atoms with E-state index in [1.54, 1.807) is 27.9 Å². The van der Waals surface area contributed by atoms with Crippen LogP contribution in [0.5, 0.6) is 0 Å². The number of carboxylic acids is 1. The van der Waals surface area contributed by atoms with Crippen LogP contribution in [0.3, 0.4) is 0 Å². The molecule has 5 N–H and O–H groups in total. The molecule has 17 nitrogen and oxygen atoms in total. The molecule has 6 aliphatic heterocycles. The normalized spacial score (nSPS) is 39.0. The minimum absolute atomic E-state index is 0.0172. The second-order valence-electron chi connectivity index (χ2n) is 25.8. The number of hydrogen-bond acceptors (Lipinski definition) is 15. The number of rotatable bonds is 12. The van der Waals surface area contributed by atoms with Crippen LogP contribution >= 0.6 is 11.8 Å². The summed E-state index contributed by atoms with van der Waals surface area (Å²) in [5, 5.41) is 55.5. The zero-order valence-electron chi connectivity index (χ0n) is 48.9. The minimum atomic E-state index is -2.41. The number of β-lactam (4-membered cyclic amide) rings is 1. The molecule has 1 saturated carbocycles. The molecule has 5 fully saturated rings. The molecule has 79 heavy (non-hydrogen) atoms. The van der Waals surface area contributed by atoms with Gasteiger partial charge in [0.2, 0.25) is 11.7 Å². The van der Waals surface area contributed by atoms with Gasteiger partial charge in [-0.15, -0.1) is 11.8 Å². The summed E-state index contributed by atoms with van der Waals surface area (Å²) in [5.41, 5.74) is 2.06. The minimum Gasteiger partial charge on any atom is -0.477 e. The van der Waals surface area contributed by atoms with Crippen molar-refractivity contribution in [3.63, 3.8) is 0 Å². The smallest absolute Gasteiger partial charge is 0.353 e. The fourth-order valence-corrected chi connectivity index (χ4v) is 15.8. The lowest BCUT2D eigenvalue weighted by atomic mass is 9.76. The first-order valence-electron chi connectivity index (χ1n) is 29.4. The van der Waals surface area contributed by atoms with Gasteiger partial charge in [0.25, 0.3) is 11.7 Å². The maximum absolute atomic E-state index is 14.9. The van der Waals surface area contributed by atoms with Gasteiger partial charge in [0, 0.05) is 78.6 Å². The summed E-state index contributed by atoms with van der Waals surface area (Å²) in [5.74, 6) is -9.78. The molecular weight excluding hydrogens is 1030 g/mol. The van der Waals surface area contributed by atoms with Gasteiger partial charge in [0.1, 0.15) is 23.6 Å². The standard InChI is InChI=1S/C61H93N3O14S/c1-32-23-33(2)25-42(18-20-60(10,11)40(9)62-22-19-43(31-62)79-50-29-45-51(39(8)65)56(70)64(45)52(50)58(72)73)48(68)30-47(67)38(7)54(36(5)27-41-16-17-46(66)49(28-41)76-12)77-59(74)44-15-13-14-21-63(44)57(71)55(69)61(75)37(6)26-35(4)53(78-61)34(3)24-32/h25,27,32,34-35,37-39,41-47,49,51,53-54,65-67,75H,9,13-24,26,28-31H2,1-8,10-12H3,(H,72,73)/b33-25+,36-27+/t32-,34-,35-,37+,38+,39+,41-,42+,43-,44-,45+,46+,47-,49+,51+,53+,54+,61+/m0/s1. The number of aliphatic hydroxyl groups is 4. The summed E-state index contributed by atoms with van der Waals surface area (Å²) < 4.78 is 18.5. The average molecular weight is 1120 g/mol. The molecule has 7 aliphatic rings. The number of hydrogen-bond donors (Lipinski definition) is 5. The summed E-state index contributed by atoms with van der Waals surface area (Å²) in [6.45, 7) is 25.3. The van der Waals surface area contributed by atoms with Gasteiger partial charge in [-0.2, -0.15) is 0 Å². The molecular formula is C61H93N3O14S. The van der Waals surface area contributed by atoms with Crippen molar-refractivity contribution in [2.45, 2.75) is 219 Å². The number of nitrogens with zero attached hydrogens (tertiary/aromatic N) is 3. The number of amides is 2. The topological polar surface area (TPSA) is 241 Å². The van der Waals surface area contributed by atoms with E-state index in [0.29, 0.717) is 94.2 Å². The fraction of sp³-hybridized carbons (Fsp3) is 0.770. The number of carbonyl (C=O) groups is 6. The van der Waals surface area contributed by atoms with Gasteiger partial charge >= 0.3 is 11.9 Å². The van der Waals surface area contributed by atoms with Crippen molar-refractivity contribution in [2.24, 2.45) is 52.8 Å². The van der Waals surface area contributed by atoms with Crippen LogP contribution < -0.4 is 0 Å².